The van der Waals surface area contributed by atoms with E-state index in [4.69, 9.17) is 21.1 Å². The zero-order valence-corrected chi connectivity index (χ0v) is 18.2. The van der Waals surface area contributed by atoms with Crippen LogP contribution in [0.15, 0.2) is 10.5 Å². The predicted molar refractivity (Wildman–Crippen MR) is 106 cm³/mol. The van der Waals surface area contributed by atoms with Crippen LogP contribution in [0.1, 0.15) is 37.6 Å². The number of hydrogen-bond acceptors (Lipinski definition) is 5. The molecule has 7 nitrogen and oxygen atoms in total. The smallest absolute Gasteiger partial charge is 0.410 e. The molecule has 0 aliphatic carbocycles. The van der Waals surface area contributed by atoms with Gasteiger partial charge in [0.2, 0.25) is 0 Å². The molecule has 1 aromatic carbocycles. The van der Waals surface area contributed by atoms with Crippen molar-refractivity contribution >= 4 is 39.6 Å². The summed E-state index contributed by atoms with van der Waals surface area (Å²) in [6, 6.07) is 0.800. The lowest BCUT2D eigenvalue weighted by Crippen LogP contribution is -2.53. The van der Waals surface area contributed by atoms with E-state index in [1.54, 1.807) is 4.90 Å². The van der Waals surface area contributed by atoms with Gasteiger partial charge in [-0.3, -0.25) is 0 Å². The van der Waals surface area contributed by atoms with Crippen LogP contribution < -0.4 is 10.1 Å². The molecular formula is C18H23BrClFN2O5. The van der Waals surface area contributed by atoms with E-state index in [0.29, 0.717) is 26.1 Å². The Morgan fingerprint density at radius 1 is 1.46 bits per heavy atom. The number of halogens is 3. The first-order valence-electron chi connectivity index (χ1n) is 8.74. The van der Waals surface area contributed by atoms with Crippen LogP contribution in [-0.2, 0) is 4.74 Å². The quantitative estimate of drug-likeness (QED) is 0.620. The zero-order chi connectivity index (χ0) is 21.1. The molecule has 1 fully saturated rings. The number of carboxylic acids is 1. The first-order valence-corrected chi connectivity index (χ1v) is 9.91. The summed E-state index contributed by atoms with van der Waals surface area (Å²) in [4.78, 5) is 25.2. The maximum Gasteiger partial charge on any atom is 0.410 e. The summed E-state index contributed by atoms with van der Waals surface area (Å²) < 4.78 is 24.6. The summed E-state index contributed by atoms with van der Waals surface area (Å²) >= 11 is 9.01. The van der Waals surface area contributed by atoms with Crippen molar-refractivity contribution in [1.29, 1.82) is 0 Å². The van der Waals surface area contributed by atoms with Gasteiger partial charge in [-0.1, -0.05) is 11.6 Å². The number of carbonyl (C=O) groups excluding carboxylic acids is 1. The van der Waals surface area contributed by atoms with Crippen LogP contribution in [0.2, 0.25) is 5.02 Å². The Labute approximate surface area is 176 Å². The summed E-state index contributed by atoms with van der Waals surface area (Å²) in [7, 11) is 0. The standard InChI is InChI=1S/C18H23BrClFN2O5/c1-18(2,3)28-17(26)23-6-5-22-10(9-23)4-7-27-15-11(16(24)25)8-12(21)13(19)14(15)20/h8,10,22H,4-7,9H2,1-3H3,(H,24,25). The summed E-state index contributed by atoms with van der Waals surface area (Å²) in [5.74, 6) is -2.21. The maximum atomic E-state index is 13.7. The Kier molecular flexibility index (Phi) is 7.52. The third kappa shape index (κ3) is 5.96. The van der Waals surface area contributed by atoms with Crippen LogP contribution in [0.5, 0.6) is 5.75 Å². The van der Waals surface area contributed by atoms with Crippen LogP contribution in [0.4, 0.5) is 9.18 Å². The van der Waals surface area contributed by atoms with Gasteiger partial charge in [-0.15, -0.1) is 0 Å². The molecule has 2 N–H and O–H groups in total. The molecule has 0 radical (unpaired) electrons. The molecule has 1 unspecified atom stereocenters. The summed E-state index contributed by atoms with van der Waals surface area (Å²) in [5.41, 5.74) is -0.918. The third-order valence-corrected chi connectivity index (χ3v) is 5.33. The van der Waals surface area contributed by atoms with Gasteiger partial charge in [0.15, 0.2) is 5.75 Å². The average molecular weight is 482 g/mol. The van der Waals surface area contributed by atoms with E-state index in [1.165, 1.54) is 0 Å². The van der Waals surface area contributed by atoms with Gasteiger partial charge < -0.3 is 24.8 Å². The maximum absolute atomic E-state index is 13.7. The normalized spacial score (nSPS) is 17.4. The fourth-order valence-corrected chi connectivity index (χ4v) is 3.23. The summed E-state index contributed by atoms with van der Waals surface area (Å²) in [6.07, 6.45) is 0.113. The molecular weight excluding hydrogens is 459 g/mol. The van der Waals surface area contributed by atoms with E-state index in [2.05, 4.69) is 21.2 Å². The Morgan fingerprint density at radius 2 is 2.14 bits per heavy atom. The van der Waals surface area contributed by atoms with Gasteiger partial charge in [-0.2, -0.15) is 0 Å². The first kappa shape index (κ1) is 22.7. The molecule has 1 heterocycles. The average Bonchev–Trinajstić information content (AvgIpc) is 2.60. The minimum Gasteiger partial charge on any atom is -0.491 e. The van der Waals surface area contributed by atoms with Gasteiger partial charge in [-0.25, -0.2) is 14.0 Å². The number of nitrogens with zero attached hydrogens (tertiary/aromatic N) is 1. The molecule has 10 heteroatoms. The number of piperazine rings is 1. The molecule has 156 valence electrons. The molecule has 28 heavy (non-hydrogen) atoms. The van der Waals surface area contributed by atoms with E-state index in [0.717, 1.165) is 6.07 Å². The van der Waals surface area contributed by atoms with Crippen molar-refractivity contribution in [2.75, 3.05) is 26.2 Å². The molecule has 1 aliphatic rings. The number of amides is 1. The summed E-state index contributed by atoms with van der Waals surface area (Å²) in [5, 5.41) is 12.4. The minimum atomic E-state index is -1.34. The third-order valence-electron chi connectivity index (χ3n) is 3.97. The van der Waals surface area contributed by atoms with Crippen molar-refractivity contribution in [2.45, 2.75) is 38.8 Å². The zero-order valence-electron chi connectivity index (χ0n) is 15.9. The minimum absolute atomic E-state index is 0.0546. The van der Waals surface area contributed by atoms with Crippen molar-refractivity contribution in [3.8, 4) is 5.75 Å². The highest BCUT2D eigenvalue weighted by Crippen LogP contribution is 2.37. The SMILES string of the molecule is CC(C)(C)OC(=O)N1CCNC(CCOc2c(C(=O)O)cc(F)c(Br)c2Cl)C1. The Balaban J connectivity index is 1.97. The lowest BCUT2D eigenvalue weighted by atomic mass is 10.1. The van der Waals surface area contributed by atoms with Crippen LogP contribution in [0, 0.1) is 5.82 Å². The fourth-order valence-electron chi connectivity index (χ4n) is 2.69. The number of carboxylic acid groups (broad SMARTS) is 1. The molecule has 0 saturated carbocycles. The van der Waals surface area contributed by atoms with Crippen molar-refractivity contribution < 1.29 is 28.6 Å². The molecule has 1 aliphatic heterocycles. The molecule has 1 aromatic rings. The van der Waals surface area contributed by atoms with Crippen LogP contribution in [0.3, 0.4) is 0 Å². The Morgan fingerprint density at radius 3 is 2.75 bits per heavy atom. The second kappa shape index (κ2) is 9.28. The van der Waals surface area contributed by atoms with Crippen molar-refractivity contribution in [1.82, 2.24) is 10.2 Å². The lowest BCUT2D eigenvalue weighted by Gasteiger charge is -2.34. The van der Waals surface area contributed by atoms with Crippen LogP contribution >= 0.6 is 27.5 Å². The highest BCUT2D eigenvalue weighted by Gasteiger charge is 2.28. The van der Waals surface area contributed by atoms with Crippen molar-refractivity contribution in [3.05, 3.63) is 26.9 Å². The van der Waals surface area contributed by atoms with E-state index in [1.807, 2.05) is 20.8 Å². The monoisotopic (exact) mass is 480 g/mol. The first-order chi connectivity index (χ1) is 13.0. The number of hydrogen-bond donors (Lipinski definition) is 2. The van der Waals surface area contributed by atoms with E-state index in [9.17, 15) is 19.1 Å². The number of ether oxygens (including phenoxy) is 2. The van der Waals surface area contributed by atoms with Crippen LogP contribution in [0.25, 0.3) is 0 Å². The van der Waals surface area contributed by atoms with Crippen molar-refractivity contribution in [3.63, 3.8) is 0 Å². The van der Waals surface area contributed by atoms with Crippen LogP contribution in [-0.4, -0.2) is 60.0 Å². The predicted octanol–water partition coefficient (Wildman–Crippen LogP) is 3.92. The molecule has 0 spiro atoms. The molecule has 0 aromatic heterocycles. The largest absolute Gasteiger partial charge is 0.491 e. The summed E-state index contributed by atoms with van der Waals surface area (Å²) in [6.45, 7) is 7.14. The Bertz CT molecular complexity index is 756. The number of aromatic carboxylic acids is 1. The van der Waals surface area contributed by atoms with E-state index in [-0.39, 0.29) is 39.6 Å². The highest BCUT2D eigenvalue weighted by atomic mass is 79.9. The molecule has 0 bridgehead atoms. The number of nitrogens with one attached hydrogen (secondary N) is 1. The van der Waals surface area contributed by atoms with Gasteiger partial charge in [0.25, 0.3) is 0 Å². The molecule has 2 rings (SSSR count). The highest BCUT2D eigenvalue weighted by molar-refractivity contribution is 9.10. The lowest BCUT2D eigenvalue weighted by molar-refractivity contribution is 0.0187. The number of benzene rings is 1. The van der Waals surface area contributed by atoms with Gasteiger partial charge in [0.05, 0.1) is 11.1 Å². The van der Waals surface area contributed by atoms with Gasteiger partial charge in [0, 0.05) is 25.7 Å². The van der Waals surface area contributed by atoms with Gasteiger partial charge >= 0.3 is 12.1 Å². The van der Waals surface area contributed by atoms with Crippen molar-refractivity contribution in [2.24, 2.45) is 0 Å². The number of carbonyl (C=O) groups is 2. The van der Waals surface area contributed by atoms with Gasteiger partial charge in [0.1, 0.15) is 22.0 Å². The molecule has 1 saturated heterocycles. The molecule has 1 amide bonds. The topological polar surface area (TPSA) is 88.1 Å². The Hall–Kier alpha value is -1.58. The van der Waals surface area contributed by atoms with E-state index < -0.39 is 17.4 Å². The number of rotatable bonds is 5. The second-order valence-corrected chi connectivity index (χ2v) is 8.55. The fraction of sp³-hybridized carbons (Fsp3) is 0.556. The molecule has 1 atom stereocenters. The van der Waals surface area contributed by atoms with Gasteiger partial charge in [-0.05, 0) is 49.2 Å². The second-order valence-electron chi connectivity index (χ2n) is 7.38. The van der Waals surface area contributed by atoms with E-state index >= 15 is 0 Å².